The van der Waals surface area contributed by atoms with Gasteiger partial charge in [-0.3, -0.25) is 4.79 Å². The third-order valence-electron chi connectivity index (χ3n) is 3.80. The Labute approximate surface area is 120 Å². The van der Waals surface area contributed by atoms with Gasteiger partial charge in [-0.25, -0.2) is 0 Å². The van der Waals surface area contributed by atoms with Crippen LogP contribution in [0.1, 0.15) is 49.9 Å². The summed E-state index contributed by atoms with van der Waals surface area (Å²) in [5.41, 5.74) is 1.78. The lowest BCUT2D eigenvalue weighted by Gasteiger charge is -2.13. The quantitative estimate of drug-likeness (QED) is 0.750. The molecule has 0 fully saturated rings. The third-order valence-corrected chi connectivity index (χ3v) is 3.80. The second-order valence-corrected chi connectivity index (χ2v) is 5.25. The molecule has 0 aliphatic carbocycles. The summed E-state index contributed by atoms with van der Waals surface area (Å²) < 4.78 is 5.26. The van der Waals surface area contributed by atoms with Crippen LogP contribution in [0.5, 0.6) is 5.75 Å². The second kappa shape index (κ2) is 6.60. The van der Waals surface area contributed by atoms with Crippen LogP contribution in [0, 0.1) is 5.92 Å². The smallest absolute Gasteiger partial charge is 0.168 e. The lowest BCUT2D eigenvalue weighted by molar-refractivity contribution is 0.0906. The molecule has 3 nitrogen and oxygen atoms in total. The number of Topliss-reactive ketones (excluding diaryl/α,β-unsaturated/α-hetero) is 1. The van der Waals surface area contributed by atoms with E-state index in [0.29, 0.717) is 0 Å². The topological polar surface area (TPSA) is 42.1 Å². The number of hydrogen-bond acceptors (Lipinski definition) is 2. The first-order valence-electron chi connectivity index (χ1n) is 7.40. The van der Waals surface area contributed by atoms with Crippen LogP contribution in [0.25, 0.3) is 10.9 Å². The van der Waals surface area contributed by atoms with Gasteiger partial charge in [0.15, 0.2) is 5.78 Å². The largest absolute Gasteiger partial charge is 0.497 e. The zero-order valence-corrected chi connectivity index (χ0v) is 12.5. The first kappa shape index (κ1) is 14.6. The van der Waals surface area contributed by atoms with Crippen molar-refractivity contribution in [3.63, 3.8) is 0 Å². The van der Waals surface area contributed by atoms with Gasteiger partial charge in [0, 0.05) is 28.6 Å². The van der Waals surface area contributed by atoms with E-state index in [-0.39, 0.29) is 11.7 Å². The fourth-order valence-corrected chi connectivity index (χ4v) is 2.75. The van der Waals surface area contributed by atoms with Crippen molar-refractivity contribution >= 4 is 16.7 Å². The number of nitrogens with one attached hydrogen (secondary N) is 1. The predicted octanol–water partition coefficient (Wildman–Crippen LogP) is 4.58. The molecule has 0 amide bonds. The average molecular weight is 273 g/mol. The molecule has 0 saturated carbocycles. The van der Waals surface area contributed by atoms with Crippen molar-refractivity contribution in [1.29, 1.82) is 0 Å². The van der Waals surface area contributed by atoms with Crippen LogP contribution < -0.4 is 4.74 Å². The SMILES string of the molecule is CCCC(CCC)C(=O)c1c[nH]c2ccc(OC)cc12. The Morgan fingerprint density at radius 1 is 1.25 bits per heavy atom. The average Bonchev–Trinajstić information content (AvgIpc) is 2.89. The number of methoxy groups -OCH3 is 1. The minimum atomic E-state index is 0.134. The Balaban J connectivity index is 2.37. The van der Waals surface area contributed by atoms with Crippen LogP contribution >= 0.6 is 0 Å². The summed E-state index contributed by atoms with van der Waals surface area (Å²) in [5.74, 6) is 1.18. The maximum absolute atomic E-state index is 12.7. The van der Waals surface area contributed by atoms with Gasteiger partial charge < -0.3 is 9.72 Å². The molecule has 0 unspecified atom stereocenters. The standard InChI is InChI=1S/C17H23NO2/c1-4-6-12(7-5-2)17(19)15-11-18-16-9-8-13(20-3)10-14(15)16/h8-12,18H,4-7H2,1-3H3. The third kappa shape index (κ3) is 2.87. The number of aromatic amines is 1. The normalized spacial score (nSPS) is 11.2. The van der Waals surface area contributed by atoms with Crippen molar-refractivity contribution in [2.75, 3.05) is 7.11 Å². The Bertz CT molecular complexity index is 580. The number of rotatable bonds is 7. The molecule has 3 heteroatoms. The molecule has 0 spiro atoms. The Morgan fingerprint density at radius 3 is 2.55 bits per heavy atom. The molecule has 20 heavy (non-hydrogen) atoms. The van der Waals surface area contributed by atoms with E-state index in [1.165, 1.54) is 0 Å². The fourth-order valence-electron chi connectivity index (χ4n) is 2.75. The molecule has 0 radical (unpaired) electrons. The minimum absolute atomic E-state index is 0.134. The number of fused-ring (bicyclic) bond motifs is 1. The molecular weight excluding hydrogens is 250 g/mol. The first-order chi connectivity index (χ1) is 9.71. The van der Waals surface area contributed by atoms with Crippen LogP contribution in [0.15, 0.2) is 24.4 Å². The van der Waals surface area contributed by atoms with Gasteiger partial charge in [0.05, 0.1) is 7.11 Å². The molecule has 1 N–H and O–H groups in total. The molecule has 0 saturated heterocycles. The van der Waals surface area contributed by atoms with Gasteiger partial charge in [-0.2, -0.15) is 0 Å². The molecule has 0 aliphatic heterocycles. The molecule has 0 bridgehead atoms. The highest BCUT2D eigenvalue weighted by atomic mass is 16.5. The van der Waals surface area contributed by atoms with E-state index >= 15 is 0 Å². The second-order valence-electron chi connectivity index (χ2n) is 5.25. The summed E-state index contributed by atoms with van der Waals surface area (Å²) in [7, 11) is 1.65. The van der Waals surface area contributed by atoms with Crippen LogP contribution in [-0.4, -0.2) is 17.9 Å². The molecule has 1 aromatic heterocycles. The molecular formula is C17H23NO2. The van der Waals surface area contributed by atoms with Crippen molar-refractivity contribution in [3.8, 4) is 5.75 Å². The van der Waals surface area contributed by atoms with Crippen molar-refractivity contribution in [2.45, 2.75) is 39.5 Å². The summed E-state index contributed by atoms with van der Waals surface area (Å²) >= 11 is 0. The Hall–Kier alpha value is -1.77. The zero-order valence-electron chi connectivity index (χ0n) is 12.5. The van der Waals surface area contributed by atoms with Crippen molar-refractivity contribution in [3.05, 3.63) is 30.0 Å². The zero-order chi connectivity index (χ0) is 14.5. The van der Waals surface area contributed by atoms with Crippen LogP contribution in [0.4, 0.5) is 0 Å². The summed E-state index contributed by atoms with van der Waals surface area (Å²) in [6.45, 7) is 4.27. The van der Waals surface area contributed by atoms with E-state index in [1.54, 1.807) is 7.11 Å². The van der Waals surface area contributed by atoms with E-state index in [0.717, 1.165) is 47.9 Å². The van der Waals surface area contributed by atoms with E-state index in [2.05, 4.69) is 18.8 Å². The van der Waals surface area contributed by atoms with E-state index in [9.17, 15) is 4.79 Å². The molecule has 0 atom stereocenters. The summed E-state index contributed by atoms with van der Waals surface area (Å²) in [6.07, 6.45) is 5.85. The highest BCUT2D eigenvalue weighted by Gasteiger charge is 2.21. The van der Waals surface area contributed by atoms with Gasteiger partial charge in [-0.05, 0) is 31.0 Å². The predicted molar refractivity (Wildman–Crippen MR) is 82.5 cm³/mol. The Kier molecular flexibility index (Phi) is 4.83. The summed E-state index contributed by atoms with van der Waals surface area (Å²) in [5, 5.41) is 0.964. The van der Waals surface area contributed by atoms with Crippen LogP contribution in [0.3, 0.4) is 0 Å². The fraction of sp³-hybridized carbons (Fsp3) is 0.471. The van der Waals surface area contributed by atoms with Crippen LogP contribution in [-0.2, 0) is 0 Å². The maximum atomic E-state index is 12.7. The van der Waals surface area contributed by atoms with Crippen molar-refractivity contribution < 1.29 is 9.53 Å². The molecule has 2 rings (SSSR count). The molecule has 0 aliphatic rings. The van der Waals surface area contributed by atoms with Crippen LogP contribution in [0.2, 0.25) is 0 Å². The first-order valence-corrected chi connectivity index (χ1v) is 7.40. The van der Waals surface area contributed by atoms with Crippen molar-refractivity contribution in [2.24, 2.45) is 5.92 Å². The van der Waals surface area contributed by atoms with Gasteiger partial charge in [-0.15, -0.1) is 0 Å². The summed E-state index contributed by atoms with van der Waals surface area (Å²) in [6, 6.07) is 5.80. The van der Waals surface area contributed by atoms with E-state index in [1.807, 2.05) is 24.4 Å². The number of benzene rings is 1. The molecule has 2 aromatic rings. The minimum Gasteiger partial charge on any atom is -0.497 e. The van der Waals surface area contributed by atoms with Gasteiger partial charge in [0.1, 0.15) is 5.75 Å². The maximum Gasteiger partial charge on any atom is 0.168 e. The highest BCUT2D eigenvalue weighted by molar-refractivity contribution is 6.09. The van der Waals surface area contributed by atoms with Gasteiger partial charge in [0.2, 0.25) is 0 Å². The lowest BCUT2D eigenvalue weighted by Crippen LogP contribution is -2.14. The molecule has 1 heterocycles. The monoisotopic (exact) mass is 273 g/mol. The number of H-pyrrole nitrogens is 1. The number of carbonyl (C=O) groups is 1. The number of aromatic nitrogens is 1. The van der Waals surface area contributed by atoms with E-state index in [4.69, 9.17) is 4.74 Å². The molecule has 1 aromatic carbocycles. The molecule has 108 valence electrons. The number of ether oxygens (including phenoxy) is 1. The van der Waals surface area contributed by atoms with Gasteiger partial charge in [0.25, 0.3) is 0 Å². The Morgan fingerprint density at radius 2 is 1.95 bits per heavy atom. The number of hydrogen-bond donors (Lipinski definition) is 1. The number of ketones is 1. The lowest BCUT2D eigenvalue weighted by atomic mass is 9.89. The number of carbonyl (C=O) groups excluding carboxylic acids is 1. The van der Waals surface area contributed by atoms with Crippen molar-refractivity contribution in [1.82, 2.24) is 4.98 Å². The van der Waals surface area contributed by atoms with Gasteiger partial charge in [-0.1, -0.05) is 26.7 Å². The van der Waals surface area contributed by atoms with Gasteiger partial charge >= 0.3 is 0 Å². The highest BCUT2D eigenvalue weighted by Crippen LogP contribution is 2.28. The summed E-state index contributed by atoms with van der Waals surface area (Å²) in [4.78, 5) is 15.9. The van der Waals surface area contributed by atoms with E-state index < -0.39 is 0 Å².